The molecule has 0 fully saturated rings. The molecule has 1 heterocycles. The number of rotatable bonds is 1. The summed E-state index contributed by atoms with van der Waals surface area (Å²) < 4.78 is 0. The number of carbonyl (C=O) groups excluding carboxylic acids is 1. The standard InChI is InChI=1S/C5H10N4O/c1-3-4(2-10)8-9-5(3,6)7/h2-4H,6-7H2,1H3. The van der Waals surface area contributed by atoms with Gasteiger partial charge in [0.25, 0.3) is 0 Å². The molecule has 0 aliphatic carbocycles. The molecular formula is C5H10N4O. The third-order valence-electron chi connectivity index (χ3n) is 1.75. The van der Waals surface area contributed by atoms with Gasteiger partial charge in [0.2, 0.25) is 0 Å². The molecule has 1 rings (SSSR count). The van der Waals surface area contributed by atoms with E-state index in [-0.39, 0.29) is 5.92 Å². The maximum absolute atomic E-state index is 10.2. The highest BCUT2D eigenvalue weighted by molar-refractivity contribution is 5.59. The van der Waals surface area contributed by atoms with Crippen molar-refractivity contribution in [3.05, 3.63) is 0 Å². The van der Waals surface area contributed by atoms with Gasteiger partial charge in [-0.1, -0.05) is 6.92 Å². The first-order chi connectivity index (χ1) is 4.58. The molecule has 0 radical (unpaired) electrons. The summed E-state index contributed by atoms with van der Waals surface area (Å²) in [5, 5.41) is 7.15. The number of aldehydes is 1. The fourth-order valence-corrected chi connectivity index (χ4v) is 0.776. The highest BCUT2D eigenvalue weighted by atomic mass is 16.1. The van der Waals surface area contributed by atoms with E-state index in [0.717, 1.165) is 0 Å². The first-order valence-corrected chi connectivity index (χ1v) is 3.03. The van der Waals surface area contributed by atoms with E-state index < -0.39 is 11.8 Å². The Morgan fingerprint density at radius 3 is 2.40 bits per heavy atom. The second kappa shape index (κ2) is 2.10. The van der Waals surface area contributed by atoms with Crippen LogP contribution in [0.2, 0.25) is 0 Å². The third kappa shape index (κ3) is 0.932. The van der Waals surface area contributed by atoms with Crippen molar-refractivity contribution in [2.75, 3.05) is 0 Å². The van der Waals surface area contributed by atoms with E-state index in [4.69, 9.17) is 11.5 Å². The molecule has 0 amide bonds. The van der Waals surface area contributed by atoms with Crippen LogP contribution in [0, 0.1) is 5.92 Å². The molecular weight excluding hydrogens is 132 g/mol. The van der Waals surface area contributed by atoms with Crippen molar-refractivity contribution in [1.82, 2.24) is 0 Å². The van der Waals surface area contributed by atoms with Crippen LogP contribution in [0.15, 0.2) is 10.2 Å². The van der Waals surface area contributed by atoms with Crippen molar-refractivity contribution in [3.8, 4) is 0 Å². The number of hydrogen-bond acceptors (Lipinski definition) is 5. The summed E-state index contributed by atoms with van der Waals surface area (Å²) in [5.74, 6) is -1.35. The van der Waals surface area contributed by atoms with Crippen molar-refractivity contribution in [2.45, 2.75) is 18.8 Å². The number of carbonyl (C=O) groups is 1. The first kappa shape index (κ1) is 7.30. The van der Waals surface area contributed by atoms with Crippen LogP contribution >= 0.6 is 0 Å². The molecule has 10 heavy (non-hydrogen) atoms. The Hall–Kier alpha value is -0.810. The quantitative estimate of drug-likeness (QED) is 0.371. The van der Waals surface area contributed by atoms with Crippen molar-refractivity contribution >= 4 is 6.29 Å². The molecule has 2 unspecified atom stereocenters. The van der Waals surface area contributed by atoms with Gasteiger partial charge in [-0.15, -0.1) is 0 Å². The molecule has 0 aromatic heterocycles. The van der Waals surface area contributed by atoms with Gasteiger partial charge < -0.3 is 4.79 Å². The minimum Gasteiger partial charge on any atom is -0.301 e. The van der Waals surface area contributed by atoms with Gasteiger partial charge in [-0.3, -0.25) is 11.5 Å². The minimum absolute atomic E-state index is 0.204. The van der Waals surface area contributed by atoms with Gasteiger partial charge >= 0.3 is 0 Å². The molecule has 0 bridgehead atoms. The van der Waals surface area contributed by atoms with Crippen molar-refractivity contribution < 1.29 is 4.79 Å². The SMILES string of the molecule is CC1C(C=O)N=NC1(N)N. The van der Waals surface area contributed by atoms with Gasteiger partial charge in [0.05, 0.1) is 0 Å². The summed E-state index contributed by atoms with van der Waals surface area (Å²) in [6.07, 6.45) is 0.704. The van der Waals surface area contributed by atoms with Gasteiger partial charge in [-0.2, -0.15) is 10.2 Å². The monoisotopic (exact) mass is 142 g/mol. The molecule has 0 aromatic rings. The Morgan fingerprint density at radius 2 is 2.20 bits per heavy atom. The zero-order valence-corrected chi connectivity index (χ0v) is 5.69. The highest BCUT2D eigenvalue weighted by Crippen LogP contribution is 2.23. The molecule has 5 heteroatoms. The van der Waals surface area contributed by atoms with E-state index in [2.05, 4.69) is 10.2 Å². The Kier molecular flexibility index (Phi) is 1.53. The highest BCUT2D eigenvalue weighted by Gasteiger charge is 2.38. The lowest BCUT2D eigenvalue weighted by Crippen LogP contribution is -2.53. The number of nitrogens with two attached hydrogens (primary N) is 2. The minimum atomic E-state index is -1.15. The third-order valence-corrected chi connectivity index (χ3v) is 1.75. The van der Waals surface area contributed by atoms with E-state index in [0.29, 0.717) is 6.29 Å². The molecule has 0 spiro atoms. The lowest BCUT2D eigenvalue weighted by Gasteiger charge is -2.19. The molecule has 4 N–H and O–H groups in total. The average molecular weight is 142 g/mol. The van der Waals surface area contributed by atoms with Gasteiger partial charge in [0, 0.05) is 5.92 Å². The van der Waals surface area contributed by atoms with Crippen LogP contribution in [0.4, 0.5) is 0 Å². The van der Waals surface area contributed by atoms with Crippen LogP contribution in [0.1, 0.15) is 6.92 Å². The molecule has 1 aliphatic heterocycles. The van der Waals surface area contributed by atoms with E-state index in [1.165, 1.54) is 0 Å². The summed E-state index contributed by atoms with van der Waals surface area (Å²) >= 11 is 0. The Balaban J connectivity index is 2.77. The fourth-order valence-electron chi connectivity index (χ4n) is 0.776. The second-order valence-corrected chi connectivity index (χ2v) is 2.52. The van der Waals surface area contributed by atoms with Gasteiger partial charge in [0.1, 0.15) is 12.3 Å². The predicted molar refractivity (Wildman–Crippen MR) is 35.0 cm³/mol. The summed E-state index contributed by atoms with van der Waals surface area (Å²) in [7, 11) is 0. The van der Waals surface area contributed by atoms with Crippen LogP contribution in [0.25, 0.3) is 0 Å². The Labute approximate surface area is 58.5 Å². The average Bonchev–Trinajstić information content (AvgIpc) is 2.10. The first-order valence-electron chi connectivity index (χ1n) is 3.03. The molecule has 5 nitrogen and oxygen atoms in total. The normalized spacial score (nSPS) is 36.3. The van der Waals surface area contributed by atoms with E-state index >= 15 is 0 Å². The van der Waals surface area contributed by atoms with Crippen molar-refractivity contribution in [2.24, 2.45) is 27.6 Å². The summed E-state index contributed by atoms with van der Waals surface area (Å²) in [4.78, 5) is 10.2. The fraction of sp³-hybridized carbons (Fsp3) is 0.800. The lowest BCUT2D eigenvalue weighted by molar-refractivity contribution is -0.109. The summed E-state index contributed by atoms with van der Waals surface area (Å²) in [5.41, 5.74) is 10.9. The van der Waals surface area contributed by atoms with Crippen LogP contribution in [-0.2, 0) is 4.79 Å². The van der Waals surface area contributed by atoms with Crippen molar-refractivity contribution in [3.63, 3.8) is 0 Å². The van der Waals surface area contributed by atoms with Crippen LogP contribution in [0.3, 0.4) is 0 Å². The predicted octanol–water partition coefficient (Wildman–Crippen LogP) is -0.773. The molecule has 0 saturated carbocycles. The molecule has 1 aliphatic rings. The zero-order chi connectivity index (χ0) is 7.78. The zero-order valence-electron chi connectivity index (χ0n) is 5.69. The Morgan fingerprint density at radius 1 is 1.60 bits per heavy atom. The van der Waals surface area contributed by atoms with Gasteiger partial charge in [-0.05, 0) is 0 Å². The summed E-state index contributed by atoms with van der Waals surface area (Å²) in [6, 6.07) is -0.463. The van der Waals surface area contributed by atoms with Crippen molar-refractivity contribution in [1.29, 1.82) is 0 Å². The Bertz CT molecular complexity index is 176. The lowest BCUT2D eigenvalue weighted by atomic mass is 9.99. The molecule has 0 aromatic carbocycles. The van der Waals surface area contributed by atoms with Crippen LogP contribution < -0.4 is 11.5 Å². The summed E-state index contributed by atoms with van der Waals surface area (Å²) in [6.45, 7) is 1.75. The largest absolute Gasteiger partial charge is 0.301 e. The maximum Gasteiger partial charge on any atom is 0.184 e. The molecule has 56 valence electrons. The van der Waals surface area contributed by atoms with E-state index in [1.807, 2.05) is 0 Å². The number of azo groups is 1. The van der Waals surface area contributed by atoms with E-state index in [9.17, 15) is 4.79 Å². The topological polar surface area (TPSA) is 93.8 Å². The van der Waals surface area contributed by atoms with Gasteiger partial charge in [-0.25, -0.2) is 0 Å². The van der Waals surface area contributed by atoms with Crippen LogP contribution in [-0.4, -0.2) is 18.1 Å². The number of hydrogen-bond donors (Lipinski definition) is 2. The van der Waals surface area contributed by atoms with Crippen LogP contribution in [0.5, 0.6) is 0 Å². The second-order valence-electron chi connectivity index (χ2n) is 2.52. The van der Waals surface area contributed by atoms with Gasteiger partial charge in [0.15, 0.2) is 5.79 Å². The number of nitrogens with zero attached hydrogens (tertiary/aromatic N) is 2. The smallest absolute Gasteiger partial charge is 0.184 e. The maximum atomic E-state index is 10.2. The molecule has 0 saturated heterocycles. The molecule has 2 atom stereocenters. The van der Waals surface area contributed by atoms with E-state index in [1.54, 1.807) is 6.92 Å².